The van der Waals surface area contributed by atoms with Gasteiger partial charge < -0.3 is 4.57 Å². The van der Waals surface area contributed by atoms with Crippen molar-refractivity contribution in [3.8, 4) is 0 Å². The molecule has 0 bridgehead atoms. The summed E-state index contributed by atoms with van der Waals surface area (Å²) >= 11 is 20.4. The van der Waals surface area contributed by atoms with Crippen LogP contribution < -0.4 is 0 Å². The highest BCUT2D eigenvalue weighted by Gasteiger charge is 2.40. The van der Waals surface area contributed by atoms with Crippen molar-refractivity contribution in [3.05, 3.63) is 230 Å². The van der Waals surface area contributed by atoms with Gasteiger partial charge in [-0.25, -0.2) is 4.98 Å². The zero-order chi connectivity index (χ0) is 35.1. The van der Waals surface area contributed by atoms with Crippen LogP contribution in [0.2, 0.25) is 10.0 Å². The molecule has 0 aliphatic rings. The Bertz CT molecular complexity index is 2190. The number of hydrogen-bond acceptors (Lipinski definition) is 2. The second-order valence-electron chi connectivity index (χ2n) is 12.1. The number of rotatable bonds is 8. The van der Waals surface area contributed by atoms with Gasteiger partial charge in [-0.2, -0.15) is 0 Å². The van der Waals surface area contributed by atoms with Crippen LogP contribution in [0.25, 0.3) is 0 Å². The molecule has 0 amide bonds. The summed E-state index contributed by atoms with van der Waals surface area (Å²) in [6, 6.07) is 52.4. The first-order valence-electron chi connectivity index (χ1n) is 16.2. The Kier molecular flexibility index (Phi) is 12.0. The Morgan fingerprint density at radius 1 is 0.569 bits per heavy atom. The molecule has 0 N–H and O–H groups in total. The minimum Gasteiger partial charge on any atom is -0.318 e. The molecule has 7 rings (SSSR count). The number of hydrogen-bond donors (Lipinski definition) is 0. The smallest absolute Gasteiger partial charge is 0.169 e. The molecule has 0 aliphatic heterocycles. The minimum absolute atomic E-state index is 0. The quantitative estimate of drug-likeness (QED) is 0.0886. The third-order valence-electron chi connectivity index (χ3n) is 8.90. The normalized spacial score (nSPS) is 13.0. The van der Waals surface area contributed by atoms with Gasteiger partial charge in [-0.05, 0) is 48.2 Å². The molecule has 0 saturated carbocycles. The van der Waals surface area contributed by atoms with Crippen molar-refractivity contribution in [2.75, 3.05) is 0 Å². The zero-order valence-electron chi connectivity index (χ0n) is 27.7. The lowest BCUT2D eigenvalue weighted by Gasteiger charge is -2.38. The van der Waals surface area contributed by atoms with Gasteiger partial charge in [0.15, 0.2) is 6.29 Å². The SMILES string of the molecule is C.Cc1ccc(C(Cl)(c2ccccc2)c2ccccc2Cl)cc1.Cc1ccc(C(c2ccccc2)(c2ccccc2Cl)n2cnc(C=O)c2)cc1.[2HH]. The molecule has 0 fully saturated rings. The summed E-state index contributed by atoms with van der Waals surface area (Å²) < 4.78 is 1.97. The highest BCUT2D eigenvalue weighted by molar-refractivity contribution is 6.35. The van der Waals surface area contributed by atoms with Gasteiger partial charge in [0.2, 0.25) is 0 Å². The maximum Gasteiger partial charge on any atom is 0.169 e. The van der Waals surface area contributed by atoms with Crippen LogP contribution in [0.4, 0.5) is 0 Å². The van der Waals surface area contributed by atoms with Crippen molar-refractivity contribution >= 4 is 41.1 Å². The van der Waals surface area contributed by atoms with Crippen molar-refractivity contribution in [2.45, 2.75) is 31.7 Å². The average Bonchev–Trinajstić information content (AvgIpc) is 3.64. The van der Waals surface area contributed by atoms with Crippen LogP contribution >= 0.6 is 34.8 Å². The number of aromatic nitrogens is 2. The van der Waals surface area contributed by atoms with E-state index in [1.54, 1.807) is 12.5 Å². The number of carbonyl (C=O) groups is 1. The van der Waals surface area contributed by atoms with Crippen LogP contribution in [-0.4, -0.2) is 15.8 Å². The summed E-state index contributed by atoms with van der Waals surface area (Å²) in [5.41, 5.74) is 7.89. The first-order valence-corrected chi connectivity index (χ1v) is 17.4. The van der Waals surface area contributed by atoms with E-state index < -0.39 is 10.4 Å². The van der Waals surface area contributed by atoms with Crippen LogP contribution in [0.5, 0.6) is 0 Å². The van der Waals surface area contributed by atoms with E-state index in [-0.39, 0.29) is 8.85 Å². The van der Waals surface area contributed by atoms with Gasteiger partial charge >= 0.3 is 0 Å². The highest BCUT2D eigenvalue weighted by atomic mass is 35.5. The molecule has 1 aromatic heterocycles. The van der Waals surface area contributed by atoms with Gasteiger partial charge in [-0.3, -0.25) is 4.79 Å². The molecular formula is C45H41Cl3N2O. The largest absolute Gasteiger partial charge is 0.318 e. The van der Waals surface area contributed by atoms with Gasteiger partial charge in [-0.15, -0.1) is 11.6 Å². The first kappa shape index (κ1) is 37.3. The monoisotopic (exact) mass is 731 g/mol. The van der Waals surface area contributed by atoms with Gasteiger partial charge in [0.05, 0.1) is 6.33 Å². The van der Waals surface area contributed by atoms with Crippen molar-refractivity contribution in [1.29, 1.82) is 0 Å². The number of imidazole rings is 1. The number of aryl methyl sites for hydroxylation is 2. The number of halogens is 3. The summed E-state index contributed by atoms with van der Waals surface area (Å²) in [5, 5.41) is 1.32. The molecule has 0 saturated heterocycles. The number of nitrogens with zero attached hydrogens (tertiary/aromatic N) is 2. The summed E-state index contributed by atoms with van der Waals surface area (Å²) in [6.07, 6.45) is 4.22. The van der Waals surface area contributed by atoms with Gasteiger partial charge in [0.1, 0.15) is 16.1 Å². The number of aldehydes is 1. The first-order chi connectivity index (χ1) is 24.3. The molecule has 2 unspecified atom stereocenters. The fraction of sp³-hybridized carbons (Fsp3) is 0.111. The van der Waals surface area contributed by atoms with E-state index in [4.69, 9.17) is 34.8 Å². The van der Waals surface area contributed by atoms with E-state index in [1.165, 1.54) is 11.1 Å². The average molecular weight is 733 g/mol. The van der Waals surface area contributed by atoms with Crippen LogP contribution in [0.15, 0.2) is 170 Å². The Morgan fingerprint density at radius 2 is 0.980 bits per heavy atom. The fourth-order valence-electron chi connectivity index (χ4n) is 6.40. The van der Waals surface area contributed by atoms with Crippen LogP contribution in [0.1, 0.15) is 63.8 Å². The molecule has 0 radical (unpaired) electrons. The third kappa shape index (κ3) is 7.43. The predicted octanol–water partition coefficient (Wildman–Crippen LogP) is 12.6. The molecule has 0 aliphatic carbocycles. The van der Waals surface area contributed by atoms with Gasteiger partial charge in [0.25, 0.3) is 0 Å². The number of benzene rings is 6. The van der Waals surface area contributed by atoms with E-state index in [0.29, 0.717) is 15.7 Å². The number of carbonyl (C=O) groups excluding carboxylic acids is 1. The third-order valence-corrected chi connectivity index (χ3v) is 10.2. The van der Waals surface area contributed by atoms with Crippen molar-refractivity contribution in [2.24, 2.45) is 0 Å². The molecule has 1 heterocycles. The molecule has 7 aromatic rings. The van der Waals surface area contributed by atoms with Gasteiger partial charge in [-0.1, -0.05) is 187 Å². The molecule has 6 heteroatoms. The summed E-state index contributed by atoms with van der Waals surface area (Å²) in [6.45, 7) is 4.13. The molecule has 3 nitrogen and oxygen atoms in total. The molecule has 0 spiro atoms. The lowest BCUT2D eigenvalue weighted by Crippen LogP contribution is -2.37. The molecule has 258 valence electrons. The van der Waals surface area contributed by atoms with Crippen molar-refractivity contribution in [3.63, 3.8) is 0 Å². The second kappa shape index (κ2) is 16.4. The number of alkyl halides is 1. The van der Waals surface area contributed by atoms with Gasteiger partial charge in [0, 0.05) is 28.8 Å². The topological polar surface area (TPSA) is 34.9 Å². The van der Waals surface area contributed by atoms with E-state index in [0.717, 1.165) is 39.7 Å². The fourth-order valence-corrected chi connectivity index (χ4v) is 7.41. The van der Waals surface area contributed by atoms with Crippen molar-refractivity contribution in [1.82, 2.24) is 9.55 Å². The van der Waals surface area contributed by atoms with E-state index >= 15 is 0 Å². The maximum atomic E-state index is 11.4. The second-order valence-corrected chi connectivity index (χ2v) is 13.5. The lowest BCUT2D eigenvalue weighted by atomic mass is 9.76. The molecular weight excluding hydrogens is 691 g/mol. The minimum atomic E-state index is -0.798. The Hall–Kier alpha value is -4.93. The van der Waals surface area contributed by atoms with E-state index in [2.05, 4.69) is 79.5 Å². The predicted molar refractivity (Wildman–Crippen MR) is 216 cm³/mol. The Labute approximate surface area is 317 Å². The van der Waals surface area contributed by atoms with E-state index in [9.17, 15) is 4.79 Å². The molecule has 51 heavy (non-hydrogen) atoms. The van der Waals surface area contributed by atoms with Crippen LogP contribution in [0.3, 0.4) is 0 Å². The Balaban J connectivity index is 0.000000230. The van der Waals surface area contributed by atoms with Crippen molar-refractivity contribution < 1.29 is 6.22 Å². The van der Waals surface area contributed by atoms with Crippen LogP contribution in [0, 0.1) is 13.8 Å². The summed E-state index contributed by atoms with van der Waals surface area (Å²) in [5.74, 6) is 0. The maximum absolute atomic E-state index is 11.4. The molecule has 6 aromatic carbocycles. The highest BCUT2D eigenvalue weighted by Crippen LogP contribution is 2.46. The van der Waals surface area contributed by atoms with Crippen LogP contribution in [-0.2, 0) is 10.4 Å². The lowest BCUT2D eigenvalue weighted by molar-refractivity contribution is 0.111. The zero-order valence-corrected chi connectivity index (χ0v) is 29.9. The van der Waals surface area contributed by atoms with E-state index in [1.807, 2.05) is 102 Å². The Morgan fingerprint density at radius 3 is 1.47 bits per heavy atom. The summed E-state index contributed by atoms with van der Waals surface area (Å²) in [7, 11) is 0. The molecule has 2 atom stereocenters. The standard InChI is InChI=1S/C24H19ClN2O.C20H16Cl2.CH4.H2/c1-18-11-13-20(14-12-18)24(19-7-3-2-4-8-19,22-9-5-6-10-23(22)25)27-15-21(16-28)26-17-27;1-15-11-13-17(14-12-15)20(22,16-7-3-2-4-8-16)18-9-5-6-10-19(18)21;;/h2-17H,1H3;2-14H,1H3;1H4;1H/i;;;1+1. The summed E-state index contributed by atoms with van der Waals surface area (Å²) in [4.78, 5) is 14.8.